The summed E-state index contributed by atoms with van der Waals surface area (Å²) in [5, 5.41) is 9.13. The van der Waals surface area contributed by atoms with E-state index in [0.717, 1.165) is 5.56 Å². The van der Waals surface area contributed by atoms with Crippen LogP contribution in [0.4, 0.5) is 0 Å². The van der Waals surface area contributed by atoms with E-state index in [9.17, 15) is 9.59 Å². The highest BCUT2D eigenvalue weighted by Gasteiger charge is 2.25. The summed E-state index contributed by atoms with van der Waals surface area (Å²) in [6, 6.07) is 9.45. The van der Waals surface area contributed by atoms with E-state index in [2.05, 4.69) is 0 Å². The molecule has 5 nitrogen and oxygen atoms in total. The number of hydrogen-bond acceptors (Lipinski definition) is 4. The molecule has 0 fully saturated rings. The molecule has 0 aliphatic heterocycles. The van der Waals surface area contributed by atoms with Gasteiger partial charge in [0.2, 0.25) is 0 Å². The van der Waals surface area contributed by atoms with Gasteiger partial charge in [0.1, 0.15) is 5.60 Å². The molecule has 0 saturated carbocycles. The van der Waals surface area contributed by atoms with Gasteiger partial charge < -0.3 is 14.6 Å². The van der Waals surface area contributed by atoms with Gasteiger partial charge in [-0.2, -0.15) is 0 Å². The van der Waals surface area contributed by atoms with Crippen LogP contribution in [0.25, 0.3) is 0 Å². The van der Waals surface area contributed by atoms with Crippen molar-refractivity contribution in [3.05, 3.63) is 35.9 Å². The predicted octanol–water partition coefficient (Wildman–Crippen LogP) is 2.64. The van der Waals surface area contributed by atoms with Crippen molar-refractivity contribution in [1.82, 2.24) is 0 Å². The second-order valence-electron chi connectivity index (χ2n) is 5.83. The molecule has 0 aromatic heterocycles. The third kappa shape index (κ3) is 7.46. The molecule has 0 saturated heterocycles. The Kier molecular flexibility index (Phi) is 6.37. The van der Waals surface area contributed by atoms with E-state index in [0.29, 0.717) is 6.61 Å². The summed E-state index contributed by atoms with van der Waals surface area (Å²) >= 11 is 0. The van der Waals surface area contributed by atoms with Crippen LogP contribution in [0.1, 0.15) is 32.8 Å². The number of carbonyl (C=O) groups excluding carboxylic acids is 1. The van der Waals surface area contributed by atoms with Crippen LogP contribution >= 0.6 is 0 Å². The SMILES string of the molecule is CC(C)(C)OC(=O)C[C@@H](COCc1ccccc1)C(=O)O. The number of hydrogen-bond donors (Lipinski definition) is 1. The fourth-order valence-electron chi connectivity index (χ4n) is 1.70. The van der Waals surface area contributed by atoms with E-state index < -0.39 is 23.5 Å². The van der Waals surface area contributed by atoms with E-state index in [1.807, 2.05) is 30.3 Å². The average Bonchev–Trinajstić information content (AvgIpc) is 2.36. The molecule has 0 amide bonds. The van der Waals surface area contributed by atoms with Crippen LogP contribution in [0.2, 0.25) is 0 Å². The van der Waals surface area contributed by atoms with Gasteiger partial charge in [0.15, 0.2) is 0 Å². The zero-order valence-electron chi connectivity index (χ0n) is 12.7. The number of rotatable bonds is 7. The third-order valence-electron chi connectivity index (χ3n) is 2.61. The number of ether oxygens (including phenoxy) is 2. The summed E-state index contributed by atoms with van der Waals surface area (Å²) in [6.07, 6.45) is -0.193. The van der Waals surface area contributed by atoms with Crippen LogP contribution in [0.5, 0.6) is 0 Å². The Labute approximate surface area is 124 Å². The maximum Gasteiger partial charge on any atom is 0.309 e. The van der Waals surface area contributed by atoms with Crippen LogP contribution in [0.15, 0.2) is 30.3 Å². The van der Waals surface area contributed by atoms with E-state index in [-0.39, 0.29) is 13.0 Å². The van der Waals surface area contributed by atoms with Gasteiger partial charge in [0, 0.05) is 0 Å². The van der Waals surface area contributed by atoms with Crippen LogP contribution in [0.3, 0.4) is 0 Å². The summed E-state index contributed by atoms with van der Waals surface area (Å²) in [5.41, 5.74) is 0.337. The first-order valence-corrected chi connectivity index (χ1v) is 6.84. The van der Waals surface area contributed by atoms with Gasteiger partial charge in [-0.05, 0) is 26.3 Å². The van der Waals surface area contributed by atoms with E-state index in [1.54, 1.807) is 20.8 Å². The minimum Gasteiger partial charge on any atom is -0.481 e. The highest BCUT2D eigenvalue weighted by atomic mass is 16.6. The van der Waals surface area contributed by atoms with Crippen molar-refractivity contribution in [2.75, 3.05) is 6.61 Å². The predicted molar refractivity (Wildman–Crippen MR) is 77.7 cm³/mol. The monoisotopic (exact) mass is 294 g/mol. The number of carbonyl (C=O) groups is 2. The quantitative estimate of drug-likeness (QED) is 0.783. The molecule has 0 aliphatic carbocycles. The Morgan fingerprint density at radius 2 is 1.81 bits per heavy atom. The molecule has 0 spiro atoms. The maximum atomic E-state index is 11.7. The van der Waals surface area contributed by atoms with Crippen LogP contribution in [-0.2, 0) is 25.7 Å². The van der Waals surface area contributed by atoms with E-state index in [1.165, 1.54) is 0 Å². The fourth-order valence-corrected chi connectivity index (χ4v) is 1.70. The van der Waals surface area contributed by atoms with Crippen LogP contribution < -0.4 is 0 Å². The van der Waals surface area contributed by atoms with Crippen molar-refractivity contribution in [2.24, 2.45) is 5.92 Å². The number of carboxylic acids is 1. The lowest BCUT2D eigenvalue weighted by Crippen LogP contribution is -2.29. The molecule has 0 radical (unpaired) electrons. The largest absolute Gasteiger partial charge is 0.481 e. The lowest BCUT2D eigenvalue weighted by atomic mass is 10.1. The molecule has 5 heteroatoms. The van der Waals surface area contributed by atoms with Crippen molar-refractivity contribution in [3.63, 3.8) is 0 Å². The van der Waals surface area contributed by atoms with Gasteiger partial charge in [-0.3, -0.25) is 9.59 Å². The molecule has 0 bridgehead atoms. The molecule has 0 aliphatic rings. The lowest BCUT2D eigenvalue weighted by Gasteiger charge is -2.21. The van der Waals surface area contributed by atoms with E-state index >= 15 is 0 Å². The second kappa shape index (κ2) is 7.78. The summed E-state index contributed by atoms with van der Waals surface area (Å²) < 4.78 is 10.5. The molecule has 0 unspecified atom stereocenters. The van der Waals surface area contributed by atoms with Gasteiger partial charge in [0.05, 0.1) is 25.6 Å². The molecule has 1 atom stereocenters. The Bertz CT molecular complexity index is 461. The summed E-state index contributed by atoms with van der Waals surface area (Å²) in [5.74, 6) is -2.49. The van der Waals surface area contributed by atoms with Gasteiger partial charge >= 0.3 is 11.9 Å². The first-order valence-electron chi connectivity index (χ1n) is 6.84. The topological polar surface area (TPSA) is 72.8 Å². The summed E-state index contributed by atoms with van der Waals surface area (Å²) in [7, 11) is 0. The molecular formula is C16H22O5. The Morgan fingerprint density at radius 3 is 2.33 bits per heavy atom. The first kappa shape index (κ1) is 17.2. The van der Waals surface area contributed by atoms with Crippen LogP contribution in [0, 0.1) is 5.92 Å². The van der Waals surface area contributed by atoms with Gasteiger partial charge in [0.25, 0.3) is 0 Å². The number of aliphatic carboxylic acids is 1. The molecule has 1 aromatic carbocycles. The zero-order chi connectivity index (χ0) is 15.9. The molecule has 1 aromatic rings. The molecule has 21 heavy (non-hydrogen) atoms. The third-order valence-corrected chi connectivity index (χ3v) is 2.61. The summed E-state index contributed by atoms with van der Waals surface area (Å²) in [6.45, 7) is 5.52. The van der Waals surface area contributed by atoms with Crippen molar-refractivity contribution in [2.45, 2.75) is 39.4 Å². The minimum atomic E-state index is -1.06. The van der Waals surface area contributed by atoms with Crippen LogP contribution in [-0.4, -0.2) is 29.3 Å². The second-order valence-corrected chi connectivity index (χ2v) is 5.83. The van der Waals surface area contributed by atoms with Crippen molar-refractivity contribution in [1.29, 1.82) is 0 Å². The molecule has 116 valence electrons. The Balaban J connectivity index is 2.43. The fraction of sp³-hybridized carbons (Fsp3) is 0.500. The first-order chi connectivity index (χ1) is 9.78. The standard InChI is InChI=1S/C16H22O5/c1-16(2,3)21-14(17)9-13(15(18)19)11-20-10-12-7-5-4-6-8-12/h4-8,13H,9-11H2,1-3H3,(H,18,19)/t13-/m0/s1. The molecular weight excluding hydrogens is 272 g/mol. The number of benzene rings is 1. The lowest BCUT2D eigenvalue weighted by molar-refractivity contribution is -0.161. The highest BCUT2D eigenvalue weighted by Crippen LogP contribution is 2.13. The van der Waals surface area contributed by atoms with Gasteiger partial charge in [-0.1, -0.05) is 30.3 Å². The van der Waals surface area contributed by atoms with E-state index in [4.69, 9.17) is 14.6 Å². The van der Waals surface area contributed by atoms with Gasteiger partial charge in [-0.25, -0.2) is 0 Å². The maximum absolute atomic E-state index is 11.7. The van der Waals surface area contributed by atoms with Gasteiger partial charge in [-0.15, -0.1) is 0 Å². The molecule has 1 rings (SSSR count). The smallest absolute Gasteiger partial charge is 0.309 e. The number of esters is 1. The average molecular weight is 294 g/mol. The van der Waals surface area contributed by atoms with Crippen molar-refractivity contribution < 1.29 is 24.2 Å². The highest BCUT2D eigenvalue weighted by molar-refractivity contribution is 5.79. The molecule has 1 N–H and O–H groups in total. The molecule has 0 heterocycles. The summed E-state index contributed by atoms with van der Waals surface area (Å²) in [4.78, 5) is 22.8. The Hall–Kier alpha value is -1.88. The zero-order valence-corrected chi connectivity index (χ0v) is 12.7. The number of carboxylic acid groups (broad SMARTS) is 1. The van der Waals surface area contributed by atoms with Crippen molar-refractivity contribution >= 4 is 11.9 Å². The Morgan fingerprint density at radius 1 is 1.19 bits per heavy atom. The normalized spacial score (nSPS) is 12.7. The van der Waals surface area contributed by atoms with Crippen molar-refractivity contribution in [3.8, 4) is 0 Å². The minimum absolute atomic E-state index is 0.0243.